The molecule has 2 atom stereocenters. The van der Waals surface area contributed by atoms with Crippen LogP contribution >= 0.6 is 0 Å². The van der Waals surface area contributed by atoms with Gasteiger partial charge in [0, 0.05) is 25.4 Å². The quantitative estimate of drug-likeness (QED) is 0.490. The molecule has 0 aliphatic carbocycles. The fourth-order valence-corrected chi connectivity index (χ4v) is 3.84. The highest BCUT2D eigenvalue weighted by Crippen LogP contribution is 2.38. The molecule has 1 unspecified atom stereocenters. The number of carbonyl (C=O) groups excluding carboxylic acids is 1. The Bertz CT molecular complexity index is 1430. The minimum absolute atomic E-state index is 0.206. The van der Waals surface area contributed by atoms with E-state index >= 15 is 0 Å². The summed E-state index contributed by atoms with van der Waals surface area (Å²) < 4.78 is 94.3. The minimum atomic E-state index is -5.98. The predicted octanol–water partition coefficient (Wildman–Crippen LogP) is 2.95. The van der Waals surface area contributed by atoms with E-state index in [0.717, 1.165) is 4.57 Å². The van der Waals surface area contributed by atoms with E-state index < -0.39 is 58.6 Å². The average Bonchev–Trinajstić information content (AvgIpc) is 3.25. The first kappa shape index (κ1) is 26.3. The molecule has 4 heterocycles. The van der Waals surface area contributed by atoms with Crippen LogP contribution in [-0.4, -0.2) is 62.9 Å². The Kier molecular flexibility index (Phi) is 6.60. The Hall–Kier alpha value is -3.75. The predicted molar refractivity (Wildman–Crippen MR) is 116 cm³/mol. The molecule has 1 aliphatic rings. The van der Waals surface area contributed by atoms with E-state index in [1.165, 1.54) is 17.4 Å². The number of aromatic nitrogens is 3. The number of hydrogen-bond donors (Lipinski definition) is 2. The van der Waals surface area contributed by atoms with Gasteiger partial charge in [0.05, 0.1) is 23.7 Å². The topological polar surface area (TPSA) is 100 Å². The second kappa shape index (κ2) is 9.28. The van der Waals surface area contributed by atoms with Crippen LogP contribution in [0.1, 0.15) is 23.7 Å². The average molecular weight is 533 g/mol. The van der Waals surface area contributed by atoms with Gasteiger partial charge in [-0.1, -0.05) is 0 Å². The van der Waals surface area contributed by atoms with Gasteiger partial charge in [0.1, 0.15) is 17.2 Å². The number of aliphatic hydroxyl groups is 1. The van der Waals surface area contributed by atoms with Crippen molar-refractivity contribution in [2.24, 2.45) is 0 Å². The van der Waals surface area contributed by atoms with Crippen LogP contribution in [-0.2, 0) is 0 Å². The van der Waals surface area contributed by atoms with Gasteiger partial charge < -0.3 is 15.3 Å². The molecule has 1 amide bonds. The van der Waals surface area contributed by atoms with Crippen LogP contribution in [0.2, 0.25) is 0 Å². The molecule has 1 aliphatic heterocycles. The lowest BCUT2D eigenvalue weighted by atomic mass is 10.1. The summed E-state index contributed by atoms with van der Waals surface area (Å²) in [6.45, 7) is 1.01. The standard InChI is InChI=1S/C22H18F7N5O3/c1-10(21(25,26)22(27,28)29)31-20(37)14-9-34(19-15(24)6-11(23)7-30-19)18-13(17(14)36)2-3-16(32-18)33-5-4-12(35)8-33/h2-3,6-7,9-10,12,35H,4-5,8H2,1H3,(H,31,37)/t10?,12-/m0/s1. The van der Waals surface area contributed by atoms with E-state index in [0.29, 0.717) is 38.3 Å². The van der Waals surface area contributed by atoms with E-state index in [9.17, 15) is 45.4 Å². The number of β-amino-alcohol motifs (C(OH)–C–C–N with tert-alkyl or cyclic N) is 1. The summed E-state index contributed by atoms with van der Waals surface area (Å²) in [6.07, 6.45) is -4.88. The molecule has 198 valence electrons. The maximum Gasteiger partial charge on any atom is 0.455 e. The van der Waals surface area contributed by atoms with Crippen LogP contribution in [0.25, 0.3) is 16.9 Å². The second-order valence-corrected chi connectivity index (χ2v) is 8.45. The number of halogens is 7. The zero-order chi connectivity index (χ0) is 27.3. The first-order valence-corrected chi connectivity index (χ1v) is 10.8. The van der Waals surface area contributed by atoms with Gasteiger partial charge in [-0.25, -0.2) is 18.7 Å². The van der Waals surface area contributed by atoms with Gasteiger partial charge in [-0.2, -0.15) is 22.0 Å². The van der Waals surface area contributed by atoms with E-state index in [2.05, 4.69) is 9.97 Å². The number of carbonyl (C=O) groups is 1. The Labute approximate surface area is 203 Å². The molecule has 0 saturated carbocycles. The Morgan fingerprint density at radius 2 is 1.92 bits per heavy atom. The number of anilines is 1. The third kappa shape index (κ3) is 4.82. The summed E-state index contributed by atoms with van der Waals surface area (Å²) in [5.74, 6) is -9.56. The molecular weight excluding hydrogens is 515 g/mol. The van der Waals surface area contributed by atoms with Crippen molar-refractivity contribution in [1.82, 2.24) is 19.9 Å². The number of pyridine rings is 3. The molecule has 1 saturated heterocycles. The van der Waals surface area contributed by atoms with Crippen LogP contribution in [0, 0.1) is 11.6 Å². The smallest absolute Gasteiger partial charge is 0.391 e. The molecule has 0 bridgehead atoms. The summed E-state index contributed by atoms with van der Waals surface area (Å²) in [6, 6.07) is 0.264. The maximum atomic E-state index is 14.7. The van der Waals surface area contributed by atoms with Gasteiger partial charge in [-0.05, 0) is 25.5 Å². The molecule has 37 heavy (non-hydrogen) atoms. The maximum absolute atomic E-state index is 14.7. The first-order valence-electron chi connectivity index (χ1n) is 10.8. The Morgan fingerprint density at radius 1 is 1.22 bits per heavy atom. The zero-order valence-electron chi connectivity index (χ0n) is 18.9. The van der Waals surface area contributed by atoms with E-state index in [1.807, 2.05) is 0 Å². The number of nitrogens with zero attached hydrogens (tertiary/aromatic N) is 4. The molecule has 1 fully saturated rings. The van der Waals surface area contributed by atoms with E-state index in [4.69, 9.17) is 0 Å². The number of aliphatic hydroxyl groups excluding tert-OH is 1. The molecule has 2 N–H and O–H groups in total. The monoisotopic (exact) mass is 533 g/mol. The lowest BCUT2D eigenvalue weighted by Gasteiger charge is -2.26. The van der Waals surface area contributed by atoms with Crippen molar-refractivity contribution in [2.75, 3.05) is 18.0 Å². The summed E-state index contributed by atoms with van der Waals surface area (Å²) in [5.41, 5.74) is -2.25. The molecule has 0 spiro atoms. The van der Waals surface area contributed by atoms with Crippen LogP contribution in [0.5, 0.6) is 0 Å². The van der Waals surface area contributed by atoms with Crippen molar-refractivity contribution in [3.63, 3.8) is 0 Å². The normalized spacial score (nSPS) is 17.3. The minimum Gasteiger partial charge on any atom is -0.391 e. The van der Waals surface area contributed by atoms with Crippen molar-refractivity contribution in [3.05, 3.63) is 58.0 Å². The molecule has 0 radical (unpaired) electrons. The van der Waals surface area contributed by atoms with Gasteiger partial charge in [0.2, 0.25) is 5.43 Å². The van der Waals surface area contributed by atoms with Gasteiger partial charge in [-0.15, -0.1) is 0 Å². The van der Waals surface area contributed by atoms with E-state index in [-0.39, 0.29) is 23.4 Å². The Balaban J connectivity index is 1.87. The molecule has 8 nitrogen and oxygen atoms in total. The first-order chi connectivity index (χ1) is 17.2. The number of amides is 1. The fraction of sp³-hybridized carbons (Fsp3) is 0.364. The number of rotatable bonds is 5. The van der Waals surface area contributed by atoms with Crippen LogP contribution in [0.15, 0.2) is 35.4 Å². The van der Waals surface area contributed by atoms with Gasteiger partial charge in [-0.3, -0.25) is 14.2 Å². The fourth-order valence-electron chi connectivity index (χ4n) is 3.84. The largest absolute Gasteiger partial charge is 0.455 e. The molecule has 3 aromatic heterocycles. The molecule has 4 rings (SSSR count). The third-order valence-electron chi connectivity index (χ3n) is 5.85. The lowest BCUT2D eigenvalue weighted by Crippen LogP contribution is -2.54. The lowest BCUT2D eigenvalue weighted by molar-refractivity contribution is -0.290. The van der Waals surface area contributed by atoms with Crippen LogP contribution in [0.3, 0.4) is 0 Å². The SMILES string of the molecule is CC(NC(=O)c1cn(-c2ncc(F)cc2F)c2nc(N3CC[C@H](O)C3)ccc2c1=O)C(F)(F)C(F)(F)F. The highest BCUT2D eigenvalue weighted by molar-refractivity contribution is 5.97. The van der Waals surface area contributed by atoms with Crippen molar-refractivity contribution >= 4 is 22.8 Å². The van der Waals surface area contributed by atoms with Crippen molar-refractivity contribution in [2.45, 2.75) is 37.6 Å². The summed E-state index contributed by atoms with van der Waals surface area (Å²) >= 11 is 0. The van der Waals surface area contributed by atoms with Gasteiger partial charge in [0.25, 0.3) is 5.91 Å². The number of nitrogens with one attached hydrogen (secondary N) is 1. The second-order valence-electron chi connectivity index (χ2n) is 8.45. The van der Waals surface area contributed by atoms with Crippen LogP contribution < -0.4 is 15.6 Å². The molecule has 15 heteroatoms. The molecule has 0 aromatic carbocycles. The summed E-state index contributed by atoms with van der Waals surface area (Å²) in [7, 11) is 0. The molecular formula is C22H18F7N5O3. The van der Waals surface area contributed by atoms with Crippen molar-refractivity contribution < 1.29 is 40.6 Å². The van der Waals surface area contributed by atoms with Gasteiger partial charge in [0.15, 0.2) is 17.3 Å². The summed E-state index contributed by atoms with van der Waals surface area (Å²) in [5, 5.41) is 10.9. The highest BCUT2D eigenvalue weighted by atomic mass is 19.4. The third-order valence-corrected chi connectivity index (χ3v) is 5.85. The highest BCUT2D eigenvalue weighted by Gasteiger charge is 2.61. The number of fused-ring (bicyclic) bond motifs is 1. The zero-order valence-corrected chi connectivity index (χ0v) is 18.9. The van der Waals surface area contributed by atoms with Crippen LogP contribution in [0.4, 0.5) is 36.6 Å². The Morgan fingerprint density at radius 3 is 2.51 bits per heavy atom. The van der Waals surface area contributed by atoms with Crippen molar-refractivity contribution in [3.8, 4) is 5.82 Å². The van der Waals surface area contributed by atoms with Gasteiger partial charge >= 0.3 is 12.1 Å². The summed E-state index contributed by atoms with van der Waals surface area (Å²) in [4.78, 5) is 35.3. The van der Waals surface area contributed by atoms with E-state index in [1.54, 1.807) is 4.90 Å². The number of alkyl halides is 5. The molecule has 3 aromatic rings. The van der Waals surface area contributed by atoms with Crippen molar-refractivity contribution in [1.29, 1.82) is 0 Å². The number of hydrogen-bond acceptors (Lipinski definition) is 6.